The van der Waals surface area contributed by atoms with Crippen molar-refractivity contribution in [3.8, 4) is 28.5 Å². The first-order valence-electron chi connectivity index (χ1n) is 9.18. The molecule has 0 amide bonds. The van der Waals surface area contributed by atoms with Crippen molar-refractivity contribution in [2.24, 2.45) is 0 Å². The lowest BCUT2D eigenvalue weighted by Gasteiger charge is -2.09. The molecule has 2 heterocycles. The van der Waals surface area contributed by atoms with Crippen LogP contribution >= 0.6 is 23.1 Å². The topological polar surface area (TPSA) is 96.6 Å². The molecule has 4 rings (SSSR count). The number of fused-ring (bicyclic) bond motifs is 1. The number of hydrogen-bond acceptors (Lipinski definition) is 9. The highest BCUT2D eigenvalue weighted by Gasteiger charge is 2.24. The summed E-state index contributed by atoms with van der Waals surface area (Å²) in [4.78, 5) is 23.1. The fourth-order valence-electron chi connectivity index (χ4n) is 3.04. The van der Waals surface area contributed by atoms with Crippen molar-refractivity contribution in [3.63, 3.8) is 0 Å². The molecule has 0 atom stereocenters. The van der Waals surface area contributed by atoms with E-state index in [9.17, 15) is 4.79 Å². The maximum absolute atomic E-state index is 13.0. The Hall–Kier alpha value is -3.30. The molecule has 0 bridgehead atoms. The van der Waals surface area contributed by atoms with Crippen LogP contribution in [0.5, 0.6) is 17.2 Å². The van der Waals surface area contributed by atoms with Gasteiger partial charge in [-0.05, 0) is 6.26 Å². The van der Waals surface area contributed by atoms with Gasteiger partial charge in [-0.15, -0.1) is 11.3 Å². The van der Waals surface area contributed by atoms with Gasteiger partial charge in [-0.1, -0.05) is 42.1 Å². The van der Waals surface area contributed by atoms with Crippen LogP contribution in [-0.4, -0.2) is 36.4 Å². The second kappa shape index (κ2) is 8.83. The van der Waals surface area contributed by atoms with E-state index in [0.29, 0.717) is 38.3 Å². The summed E-state index contributed by atoms with van der Waals surface area (Å²) in [6, 6.07) is 14.6. The number of benzene rings is 2. The van der Waals surface area contributed by atoms with Gasteiger partial charge in [0.2, 0.25) is 0 Å². The summed E-state index contributed by atoms with van der Waals surface area (Å²) in [6.45, 7) is 0. The van der Waals surface area contributed by atoms with Gasteiger partial charge in [0, 0.05) is 23.8 Å². The number of carbonyl (C=O) groups is 1. The number of esters is 1. The lowest BCUT2D eigenvalue weighted by molar-refractivity contribution is 0.0740. The standard InChI is InChI=1S/C22H19N3O4S2/c1-27-13-9-14(28-2)11-15(10-13)29-21(26)19-17(23)16-18(12-7-5-4-6-8-12)24-22(30-3)25-20(16)31-19/h4-11H,23H2,1-3H3. The molecule has 0 unspecified atom stereocenters. The summed E-state index contributed by atoms with van der Waals surface area (Å²) in [6.07, 6.45) is 1.90. The first kappa shape index (κ1) is 21.0. The summed E-state index contributed by atoms with van der Waals surface area (Å²) >= 11 is 2.61. The Morgan fingerprint density at radius 3 is 2.26 bits per heavy atom. The number of anilines is 1. The molecular weight excluding hydrogens is 434 g/mol. The van der Waals surface area contributed by atoms with E-state index in [2.05, 4.69) is 9.97 Å². The van der Waals surface area contributed by atoms with E-state index >= 15 is 0 Å². The average molecular weight is 454 g/mol. The maximum atomic E-state index is 13.0. The highest BCUT2D eigenvalue weighted by Crippen LogP contribution is 2.40. The maximum Gasteiger partial charge on any atom is 0.355 e. The summed E-state index contributed by atoms with van der Waals surface area (Å²) in [5.41, 5.74) is 8.29. The smallest absolute Gasteiger partial charge is 0.355 e. The van der Waals surface area contributed by atoms with Crippen molar-refractivity contribution in [2.45, 2.75) is 5.16 Å². The number of hydrogen-bond donors (Lipinski definition) is 1. The fourth-order valence-corrected chi connectivity index (χ4v) is 4.44. The minimum Gasteiger partial charge on any atom is -0.496 e. The van der Waals surface area contributed by atoms with E-state index in [0.717, 1.165) is 5.56 Å². The molecule has 4 aromatic rings. The van der Waals surface area contributed by atoms with Crippen molar-refractivity contribution in [1.82, 2.24) is 9.97 Å². The number of methoxy groups -OCH3 is 2. The van der Waals surface area contributed by atoms with E-state index in [1.807, 2.05) is 36.6 Å². The molecule has 0 spiro atoms. The van der Waals surface area contributed by atoms with Crippen LogP contribution in [0.25, 0.3) is 21.5 Å². The molecule has 0 saturated heterocycles. The van der Waals surface area contributed by atoms with Gasteiger partial charge in [-0.2, -0.15) is 0 Å². The Morgan fingerprint density at radius 1 is 1.00 bits per heavy atom. The Labute approximate surface area is 187 Å². The van der Waals surface area contributed by atoms with Gasteiger partial charge in [0.05, 0.1) is 31.0 Å². The predicted molar refractivity (Wildman–Crippen MR) is 124 cm³/mol. The SMILES string of the molecule is COc1cc(OC)cc(OC(=O)c2sc3nc(SC)nc(-c4ccccc4)c3c2N)c1. The number of carbonyl (C=O) groups excluding carboxylic acids is 1. The van der Waals surface area contributed by atoms with Crippen molar-refractivity contribution in [1.29, 1.82) is 0 Å². The van der Waals surface area contributed by atoms with E-state index in [-0.39, 0.29) is 10.6 Å². The van der Waals surface area contributed by atoms with Crippen LogP contribution in [0, 0.1) is 0 Å². The molecule has 0 aliphatic rings. The van der Waals surface area contributed by atoms with E-state index in [1.54, 1.807) is 18.2 Å². The first-order valence-corrected chi connectivity index (χ1v) is 11.2. The molecule has 0 aliphatic heterocycles. The van der Waals surface area contributed by atoms with E-state index in [1.165, 1.54) is 37.3 Å². The van der Waals surface area contributed by atoms with Gasteiger partial charge in [-0.3, -0.25) is 0 Å². The van der Waals surface area contributed by atoms with Crippen molar-refractivity contribution in [3.05, 3.63) is 53.4 Å². The summed E-state index contributed by atoms with van der Waals surface area (Å²) in [7, 11) is 3.05. The van der Waals surface area contributed by atoms with Gasteiger partial charge in [0.15, 0.2) is 5.16 Å². The molecule has 0 radical (unpaired) electrons. The van der Waals surface area contributed by atoms with Crippen molar-refractivity contribution < 1.29 is 19.0 Å². The molecule has 0 saturated carbocycles. The number of rotatable bonds is 6. The third kappa shape index (κ3) is 4.14. The molecule has 2 aromatic heterocycles. The van der Waals surface area contributed by atoms with Gasteiger partial charge in [0.1, 0.15) is 27.0 Å². The molecule has 7 nitrogen and oxygen atoms in total. The summed E-state index contributed by atoms with van der Waals surface area (Å²) in [5.74, 6) is 0.722. The Morgan fingerprint density at radius 2 is 1.65 bits per heavy atom. The molecular formula is C22H19N3O4S2. The monoisotopic (exact) mass is 453 g/mol. The van der Waals surface area contributed by atoms with E-state index in [4.69, 9.17) is 19.9 Å². The highest BCUT2D eigenvalue weighted by molar-refractivity contribution is 7.98. The third-order valence-corrected chi connectivity index (χ3v) is 6.15. The molecule has 2 N–H and O–H groups in total. The van der Waals surface area contributed by atoms with Gasteiger partial charge in [0.25, 0.3) is 0 Å². The largest absolute Gasteiger partial charge is 0.496 e. The van der Waals surface area contributed by atoms with Crippen LogP contribution in [-0.2, 0) is 0 Å². The number of nitrogens with zero attached hydrogens (tertiary/aromatic N) is 2. The van der Waals surface area contributed by atoms with Gasteiger partial charge < -0.3 is 19.9 Å². The van der Waals surface area contributed by atoms with Crippen LogP contribution in [0.4, 0.5) is 5.69 Å². The number of thioether (sulfide) groups is 1. The number of ether oxygens (including phenoxy) is 3. The molecule has 158 valence electrons. The highest BCUT2D eigenvalue weighted by atomic mass is 32.2. The third-order valence-electron chi connectivity index (χ3n) is 4.52. The van der Waals surface area contributed by atoms with Crippen molar-refractivity contribution >= 4 is 45.0 Å². The van der Waals surface area contributed by atoms with Crippen LogP contribution in [0.15, 0.2) is 53.7 Å². The molecule has 31 heavy (non-hydrogen) atoms. The Balaban J connectivity index is 1.79. The quantitative estimate of drug-likeness (QED) is 0.191. The number of aromatic nitrogens is 2. The van der Waals surface area contributed by atoms with Crippen molar-refractivity contribution in [2.75, 3.05) is 26.2 Å². The number of nitrogen functional groups attached to an aromatic ring is 1. The lowest BCUT2D eigenvalue weighted by Crippen LogP contribution is -2.09. The van der Waals surface area contributed by atoms with Crippen LogP contribution in [0.3, 0.4) is 0 Å². The molecule has 0 aliphatic carbocycles. The second-order valence-electron chi connectivity index (χ2n) is 6.39. The predicted octanol–water partition coefficient (Wildman–Crippen LogP) is 4.90. The molecule has 2 aromatic carbocycles. The number of thiophene rings is 1. The van der Waals surface area contributed by atoms with Gasteiger partial charge >= 0.3 is 5.97 Å². The first-order chi connectivity index (χ1) is 15.0. The Bertz CT molecular complexity index is 1240. The fraction of sp³-hybridized carbons (Fsp3) is 0.136. The zero-order valence-corrected chi connectivity index (χ0v) is 18.7. The zero-order chi connectivity index (χ0) is 22.0. The van der Waals surface area contributed by atoms with Crippen LogP contribution in [0.2, 0.25) is 0 Å². The minimum atomic E-state index is -0.583. The zero-order valence-electron chi connectivity index (χ0n) is 17.0. The average Bonchev–Trinajstić information content (AvgIpc) is 3.15. The molecule has 0 fully saturated rings. The normalized spacial score (nSPS) is 10.8. The van der Waals surface area contributed by atoms with Crippen LogP contribution < -0.4 is 19.9 Å². The van der Waals surface area contributed by atoms with Crippen LogP contribution in [0.1, 0.15) is 9.67 Å². The second-order valence-corrected chi connectivity index (χ2v) is 8.16. The molecule has 9 heteroatoms. The summed E-state index contributed by atoms with van der Waals surface area (Å²) in [5, 5.41) is 1.24. The summed E-state index contributed by atoms with van der Waals surface area (Å²) < 4.78 is 16.0. The van der Waals surface area contributed by atoms with Gasteiger partial charge in [-0.25, -0.2) is 14.8 Å². The Kier molecular flexibility index (Phi) is 5.97. The number of nitrogens with two attached hydrogens (primary N) is 1. The minimum absolute atomic E-state index is 0.265. The lowest BCUT2D eigenvalue weighted by atomic mass is 10.1. The van der Waals surface area contributed by atoms with E-state index < -0.39 is 5.97 Å².